The number of ketones is 1. The molecule has 2 aliphatic rings. The second-order valence-electron chi connectivity index (χ2n) is 5.02. The summed E-state index contributed by atoms with van der Waals surface area (Å²) in [5.41, 5.74) is 0. The maximum Gasteiger partial charge on any atom is 0.139 e. The van der Waals surface area contributed by atoms with E-state index in [1.807, 2.05) is 10.0 Å². The van der Waals surface area contributed by atoms with Gasteiger partial charge in [0.15, 0.2) is 0 Å². The lowest BCUT2D eigenvalue weighted by molar-refractivity contribution is -0.129. The normalized spacial score (nSPS) is 27.1. The Kier molecular flexibility index (Phi) is 3.91. The van der Waals surface area contributed by atoms with Crippen LogP contribution in [0.4, 0.5) is 0 Å². The summed E-state index contributed by atoms with van der Waals surface area (Å²) in [6.07, 6.45) is 3.71. The van der Waals surface area contributed by atoms with Crippen molar-refractivity contribution in [2.75, 3.05) is 26.2 Å². The highest BCUT2D eigenvalue weighted by Gasteiger charge is 2.31. The van der Waals surface area contributed by atoms with Crippen LogP contribution in [0.2, 0.25) is 0 Å². The van der Waals surface area contributed by atoms with Crippen molar-refractivity contribution >= 4 is 5.78 Å². The zero-order valence-electron chi connectivity index (χ0n) is 9.77. The van der Waals surface area contributed by atoms with Crippen molar-refractivity contribution in [1.82, 2.24) is 10.0 Å². The van der Waals surface area contributed by atoms with Gasteiger partial charge < -0.3 is 0 Å². The van der Waals surface area contributed by atoms with Gasteiger partial charge >= 0.3 is 0 Å². The van der Waals surface area contributed by atoms with Gasteiger partial charge in [0.1, 0.15) is 5.78 Å². The monoisotopic (exact) mass is 226 g/mol. The molecular formula is C11H22N4O. The minimum atomic E-state index is 0.245. The predicted molar refractivity (Wildman–Crippen MR) is 62.0 cm³/mol. The molecule has 5 heteroatoms. The fraction of sp³-hybridized carbons (Fsp3) is 0.909. The predicted octanol–water partition coefficient (Wildman–Crippen LogP) is -0.273. The molecule has 2 fully saturated rings. The van der Waals surface area contributed by atoms with Gasteiger partial charge in [0.2, 0.25) is 0 Å². The number of hydrazine groups is 2. The van der Waals surface area contributed by atoms with Gasteiger partial charge in [-0.1, -0.05) is 0 Å². The second kappa shape index (κ2) is 5.23. The van der Waals surface area contributed by atoms with Gasteiger partial charge in [-0.3, -0.25) is 16.5 Å². The molecule has 0 radical (unpaired) electrons. The first-order chi connectivity index (χ1) is 7.66. The highest BCUT2D eigenvalue weighted by molar-refractivity contribution is 5.83. The summed E-state index contributed by atoms with van der Waals surface area (Å²) in [4.78, 5) is 12.2. The first-order valence-corrected chi connectivity index (χ1v) is 6.20. The molecule has 2 aliphatic heterocycles. The van der Waals surface area contributed by atoms with Crippen molar-refractivity contribution in [2.45, 2.75) is 25.7 Å². The first kappa shape index (κ1) is 12.0. The van der Waals surface area contributed by atoms with Crippen molar-refractivity contribution in [2.24, 2.45) is 23.5 Å². The number of Topliss-reactive ketones (excluding diaryl/α,β-unsaturated/α-hetero) is 1. The summed E-state index contributed by atoms with van der Waals surface area (Å²) in [6.45, 7) is 3.41. The zero-order chi connectivity index (χ0) is 11.5. The number of nitrogens with two attached hydrogens (primary N) is 2. The minimum absolute atomic E-state index is 0.245. The Morgan fingerprint density at radius 2 is 1.12 bits per heavy atom. The molecule has 5 nitrogen and oxygen atoms in total. The Bertz CT molecular complexity index is 218. The van der Waals surface area contributed by atoms with Crippen LogP contribution in [0.3, 0.4) is 0 Å². The Hall–Kier alpha value is -0.490. The number of piperidine rings is 2. The molecule has 0 unspecified atom stereocenters. The zero-order valence-corrected chi connectivity index (χ0v) is 9.77. The summed E-state index contributed by atoms with van der Waals surface area (Å²) < 4.78 is 0. The van der Waals surface area contributed by atoms with Gasteiger partial charge in [0.05, 0.1) is 0 Å². The number of rotatable bonds is 2. The van der Waals surface area contributed by atoms with E-state index in [2.05, 4.69) is 0 Å². The molecule has 2 rings (SSSR count). The molecule has 0 aromatic carbocycles. The average molecular weight is 226 g/mol. The Morgan fingerprint density at radius 1 is 0.812 bits per heavy atom. The van der Waals surface area contributed by atoms with Gasteiger partial charge in [-0.2, -0.15) is 0 Å². The third-order valence-corrected chi connectivity index (χ3v) is 3.86. The van der Waals surface area contributed by atoms with Gasteiger partial charge in [0.25, 0.3) is 0 Å². The molecule has 0 spiro atoms. The van der Waals surface area contributed by atoms with Crippen LogP contribution in [-0.4, -0.2) is 42.0 Å². The summed E-state index contributed by atoms with van der Waals surface area (Å²) >= 11 is 0. The van der Waals surface area contributed by atoms with Crippen LogP contribution >= 0.6 is 0 Å². The lowest BCUT2D eigenvalue weighted by atomic mass is 9.82. The summed E-state index contributed by atoms with van der Waals surface area (Å²) in [5, 5.41) is 3.62. The van der Waals surface area contributed by atoms with E-state index in [4.69, 9.17) is 11.7 Å². The molecule has 0 atom stereocenters. The molecule has 2 saturated heterocycles. The first-order valence-electron chi connectivity index (χ1n) is 6.20. The third kappa shape index (κ3) is 2.79. The lowest BCUT2D eigenvalue weighted by Crippen LogP contribution is -2.45. The smallest absolute Gasteiger partial charge is 0.139 e. The maximum absolute atomic E-state index is 12.2. The number of nitrogens with zero attached hydrogens (tertiary/aromatic N) is 2. The van der Waals surface area contributed by atoms with Crippen LogP contribution in [0.15, 0.2) is 0 Å². The lowest BCUT2D eigenvalue weighted by Gasteiger charge is -2.33. The van der Waals surface area contributed by atoms with Crippen LogP contribution in [0.25, 0.3) is 0 Å². The van der Waals surface area contributed by atoms with E-state index in [9.17, 15) is 4.79 Å². The molecule has 0 aromatic rings. The van der Waals surface area contributed by atoms with E-state index in [-0.39, 0.29) is 11.8 Å². The number of hydrogen-bond donors (Lipinski definition) is 2. The second-order valence-corrected chi connectivity index (χ2v) is 5.02. The Labute approximate surface area is 96.7 Å². The largest absolute Gasteiger partial charge is 0.299 e. The molecule has 2 heterocycles. The summed E-state index contributed by atoms with van der Waals surface area (Å²) in [6, 6.07) is 0. The van der Waals surface area contributed by atoms with Crippen LogP contribution in [0.5, 0.6) is 0 Å². The average Bonchev–Trinajstić information content (AvgIpc) is 2.30. The summed E-state index contributed by atoms with van der Waals surface area (Å²) in [7, 11) is 0. The number of carbonyl (C=O) groups is 1. The molecule has 0 bridgehead atoms. The van der Waals surface area contributed by atoms with E-state index in [0.717, 1.165) is 51.9 Å². The van der Waals surface area contributed by atoms with E-state index in [1.165, 1.54) is 0 Å². The molecule has 0 aliphatic carbocycles. The molecule has 0 saturated carbocycles. The van der Waals surface area contributed by atoms with E-state index in [0.29, 0.717) is 5.78 Å². The van der Waals surface area contributed by atoms with Crippen molar-refractivity contribution < 1.29 is 4.79 Å². The molecular weight excluding hydrogens is 204 g/mol. The van der Waals surface area contributed by atoms with Gasteiger partial charge in [-0.25, -0.2) is 10.0 Å². The topological polar surface area (TPSA) is 75.6 Å². The third-order valence-electron chi connectivity index (χ3n) is 3.86. The van der Waals surface area contributed by atoms with Crippen LogP contribution in [0.1, 0.15) is 25.7 Å². The highest BCUT2D eigenvalue weighted by Crippen LogP contribution is 2.25. The van der Waals surface area contributed by atoms with Crippen LogP contribution < -0.4 is 11.7 Å². The molecule has 16 heavy (non-hydrogen) atoms. The van der Waals surface area contributed by atoms with Crippen molar-refractivity contribution in [3.05, 3.63) is 0 Å². The summed E-state index contributed by atoms with van der Waals surface area (Å²) in [5.74, 6) is 12.3. The highest BCUT2D eigenvalue weighted by atomic mass is 16.1. The van der Waals surface area contributed by atoms with Crippen LogP contribution in [-0.2, 0) is 4.79 Å². The quantitative estimate of drug-likeness (QED) is 0.634. The van der Waals surface area contributed by atoms with Gasteiger partial charge in [-0.15, -0.1) is 0 Å². The fourth-order valence-electron chi connectivity index (χ4n) is 2.70. The SMILES string of the molecule is NN1CCC(C(=O)C2CCN(N)CC2)CC1. The molecule has 92 valence electrons. The number of hydrogen-bond acceptors (Lipinski definition) is 5. The van der Waals surface area contributed by atoms with Crippen LogP contribution in [0, 0.1) is 11.8 Å². The van der Waals surface area contributed by atoms with Gasteiger partial charge in [0, 0.05) is 38.0 Å². The van der Waals surface area contributed by atoms with E-state index < -0.39 is 0 Å². The maximum atomic E-state index is 12.2. The molecule has 0 aromatic heterocycles. The fourth-order valence-corrected chi connectivity index (χ4v) is 2.70. The van der Waals surface area contributed by atoms with Crippen molar-refractivity contribution in [1.29, 1.82) is 0 Å². The van der Waals surface area contributed by atoms with Crippen molar-refractivity contribution in [3.63, 3.8) is 0 Å². The molecule has 4 N–H and O–H groups in total. The van der Waals surface area contributed by atoms with E-state index in [1.54, 1.807) is 0 Å². The molecule has 0 amide bonds. The van der Waals surface area contributed by atoms with Gasteiger partial charge in [-0.05, 0) is 25.7 Å². The minimum Gasteiger partial charge on any atom is -0.299 e. The number of carbonyl (C=O) groups excluding carboxylic acids is 1. The Morgan fingerprint density at radius 3 is 1.44 bits per heavy atom. The van der Waals surface area contributed by atoms with E-state index >= 15 is 0 Å². The van der Waals surface area contributed by atoms with Crippen molar-refractivity contribution in [3.8, 4) is 0 Å². The standard InChI is InChI=1S/C11H22N4O/c12-14-5-1-9(2-6-14)11(16)10-3-7-15(13)8-4-10/h9-10H,1-8,12-13H2. The Balaban J connectivity index is 1.83.